The molecule has 3 heterocycles. The molecule has 1 aromatic carbocycles. The van der Waals surface area contributed by atoms with Crippen LogP contribution in [0.4, 0.5) is 11.6 Å². The van der Waals surface area contributed by atoms with E-state index < -0.39 is 0 Å². The zero-order valence-electron chi connectivity index (χ0n) is 16.3. The van der Waals surface area contributed by atoms with Crippen LogP contribution in [0.15, 0.2) is 35.6 Å². The molecule has 0 spiro atoms. The Kier molecular flexibility index (Phi) is 5.21. The van der Waals surface area contributed by atoms with Crippen molar-refractivity contribution in [3.8, 4) is 0 Å². The SMILES string of the molecule is CSc1nc(NCc2ccccc2N2CCCC2=O)n2ncc(C(C)C)c2n1. The highest BCUT2D eigenvalue weighted by Gasteiger charge is 2.23. The summed E-state index contributed by atoms with van der Waals surface area (Å²) in [6, 6.07) is 8.02. The van der Waals surface area contributed by atoms with E-state index in [-0.39, 0.29) is 5.91 Å². The fraction of sp³-hybridized carbons (Fsp3) is 0.400. The van der Waals surface area contributed by atoms with Crippen LogP contribution in [-0.2, 0) is 11.3 Å². The maximum absolute atomic E-state index is 12.2. The van der Waals surface area contributed by atoms with Crippen molar-refractivity contribution in [3.63, 3.8) is 0 Å². The van der Waals surface area contributed by atoms with Crippen molar-refractivity contribution in [1.29, 1.82) is 0 Å². The third kappa shape index (κ3) is 3.44. The van der Waals surface area contributed by atoms with Crippen LogP contribution in [0.3, 0.4) is 0 Å². The van der Waals surface area contributed by atoms with Gasteiger partial charge in [-0.15, -0.1) is 0 Å². The van der Waals surface area contributed by atoms with Crippen LogP contribution < -0.4 is 10.2 Å². The van der Waals surface area contributed by atoms with Gasteiger partial charge in [0.2, 0.25) is 11.9 Å². The van der Waals surface area contributed by atoms with Crippen LogP contribution in [0.2, 0.25) is 0 Å². The van der Waals surface area contributed by atoms with Crippen LogP contribution in [0.5, 0.6) is 0 Å². The minimum absolute atomic E-state index is 0.190. The molecule has 0 aliphatic carbocycles. The van der Waals surface area contributed by atoms with Crippen LogP contribution in [0, 0.1) is 0 Å². The van der Waals surface area contributed by atoms with Crippen molar-refractivity contribution in [3.05, 3.63) is 41.6 Å². The monoisotopic (exact) mass is 396 g/mol. The summed E-state index contributed by atoms with van der Waals surface area (Å²) in [5, 5.41) is 8.61. The topological polar surface area (TPSA) is 75.4 Å². The Morgan fingerprint density at radius 1 is 1.25 bits per heavy atom. The van der Waals surface area contributed by atoms with Gasteiger partial charge in [0, 0.05) is 30.8 Å². The molecule has 1 aliphatic rings. The predicted molar refractivity (Wildman–Crippen MR) is 112 cm³/mol. The molecule has 146 valence electrons. The summed E-state index contributed by atoms with van der Waals surface area (Å²) in [6.07, 6.45) is 5.36. The first-order valence-corrected chi connectivity index (χ1v) is 10.7. The third-order valence-electron chi connectivity index (χ3n) is 4.97. The lowest BCUT2D eigenvalue weighted by Crippen LogP contribution is -2.25. The molecule has 0 radical (unpaired) electrons. The molecule has 1 N–H and O–H groups in total. The highest BCUT2D eigenvalue weighted by molar-refractivity contribution is 7.98. The first kappa shape index (κ1) is 18.7. The standard InChI is InChI=1S/C20H24N6OS/c1-13(2)15-12-22-26-18(15)23-20(28-3)24-19(26)21-11-14-7-4-5-8-16(14)25-10-6-9-17(25)27/h4-5,7-8,12-13H,6,9-11H2,1-3H3,(H,21,23,24). The fourth-order valence-corrected chi connectivity index (χ4v) is 3.84. The lowest BCUT2D eigenvalue weighted by atomic mass is 10.1. The van der Waals surface area contributed by atoms with Crippen LogP contribution >= 0.6 is 11.8 Å². The van der Waals surface area contributed by atoms with Gasteiger partial charge in [-0.3, -0.25) is 4.79 Å². The summed E-state index contributed by atoms with van der Waals surface area (Å²) in [7, 11) is 0. The Morgan fingerprint density at radius 3 is 2.79 bits per heavy atom. The first-order chi connectivity index (χ1) is 13.6. The van der Waals surface area contributed by atoms with Gasteiger partial charge < -0.3 is 10.2 Å². The van der Waals surface area contributed by atoms with E-state index in [0.717, 1.165) is 35.4 Å². The highest BCUT2D eigenvalue weighted by atomic mass is 32.2. The van der Waals surface area contributed by atoms with E-state index in [1.807, 2.05) is 41.6 Å². The van der Waals surface area contributed by atoms with Crippen molar-refractivity contribution in [1.82, 2.24) is 19.6 Å². The van der Waals surface area contributed by atoms with Crippen molar-refractivity contribution in [2.75, 3.05) is 23.0 Å². The molecule has 8 heteroatoms. The lowest BCUT2D eigenvalue weighted by Gasteiger charge is -2.20. The number of nitrogens with one attached hydrogen (secondary N) is 1. The second-order valence-corrected chi connectivity index (χ2v) is 7.93. The summed E-state index contributed by atoms with van der Waals surface area (Å²) >= 11 is 1.51. The van der Waals surface area contributed by atoms with E-state index in [2.05, 4.69) is 34.2 Å². The maximum atomic E-state index is 12.2. The molecular formula is C20H24N6OS. The number of thioether (sulfide) groups is 1. The van der Waals surface area contributed by atoms with Crippen molar-refractivity contribution < 1.29 is 4.79 Å². The van der Waals surface area contributed by atoms with Crippen LogP contribution in [0.1, 0.15) is 43.7 Å². The summed E-state index contributed by atoms with van der Waals surface area (Å²) in [6.45, 7) is 5.60. The summed E-state index contributed by atoms with van der Waals surface area (Å²) in [4.78, 5) is 23.3. The minimum Gasteiger partial charge on any atom is -0.350 e. The second kappa shape index (κ2) is 7.79. The van der Waals surface area contributed by atoms with E-state index in [4.69, 9.17) is 0 Å². The zero-order valence-corrected chi connectivity index (χ0v) is 17.2. The zero-order chi connectivity index (χ0) is 19.7. The number of anilines is 2. The Morgan fingerprint density at radius 2 is 2.07 bits per heavy atom. The Labute approximate surface area is 168 Å². The van der Waals surface area contributed by atoms with Crippen molar-refractivity contribution >= 4 is 35.0 Å². The smallest absolute Gasteiger partial charge is 0.228 e. The number of fused-ring (bicyclic) bond motifs is 1. The molecule has 3 aromatic rings. The summed E-state index contributed by atoms with van der Waals surface area (Å²) in [5.74, 6) is 1.18. The number of amides is 1. The average Bonchev–Trinajstić information content (AvgIpc) is 3.32. The predicted octanol–water partition coefficient (Wildman–Crippen LogP) is 3.71. The minimum atomic E-state index is 0.190. The van der Waals surface area contributed by atoms with Gasteiger partial charge in [-0.2, -0.15) is 14.6 Å². The third-order valence-corrected chi connectivity index (χ3v) is 5.52. The number of para-hydroxylation sites is 1. The van der Waals surface area contributed by atoms with Crippen molar-refractivity contribution in [2.45, 2.75) is 44.3 Å². The molecule has 0 saturated carbocycles. The molecule has 1 aliphatic heterocycles. The quantitative estimate of drug-likeness (QED) is 0.640. The molecule has 0 atom stereocenters. The molecule has 4 rings (SSSR count). The number of carbonyl (C=O) groups excluding carboxylic acids is 1. The van der Waals surface area contributed by atoms with E-state index in [9.17, 15) is 4.79 Å². The van der Waals surface area contributed by atoms with Gasteiger partial charge in [0.05, 0.1) is 6.20 Å². The van der Waals surface area contributed by atoms with E-state index >= 15 is 0 Å². The lowest BCUT2D eigenvalue weighted by molar-refractivity contribution is -0.117. The van der Waals surface area contributed by atoms with Gasteiger partial charge in [-0.05, 0) is 30.2 Å². The first-order valence-electron chi connectivity index (χ1n) is 9.50. The molecule has 28 heavy (non-hydrogen) atoms. The summed E-state index contributed by atoms with van der Waals surface area (Å²) in [5.41, 5.74) is 3.96. The highest BCUT2D eigenvalue weighted by Crippen LogP contribution is 2.27. The molecule has 2 aromatic heterocycles. The van der Waals surface area contributed by atoms with Crippen LogP contribution in [0.25, 0.3) is 5.65 Å². The number of hydrogen-bond donors (Lipinski definition) is 1. The molecular weight excluding hydrogens is 372 g/mol. The van der Waals surface area contributed by atoms with E-state index in [0.29, 0.717) is 30.0 Å². The fourth-order valence-electron chi connectivity index (χ4n) is 3.49. The Hall–Kier alpha value is -2.61. The number of carbonyl (C=O) groups is 1. The molecule has 0 unspecified atom stereocenters. The number of nitrogens with zero attached hydrogens (tertiary/aromatic N) is 5. The van der Waals surface area contributed by atoms with E-state index in [1.165, 1.54) is 11.8 Å². The van der Waals surface area contributed by atoms with Gasteiger partial charge in [0.15, 0.2) is 10.8 Å². The summed E-state index contributed by atoms with van der Waals surface area (Å²) < 4.78 is 1.76. The molecule has 0 bridgehead atoms. The number of benzene rings is 1. The normalized spacial score (nSPS) is 14.4. The Bertz CT molecular complexity index is 1020. The largest absolute Gasteiger partial charge is 0.350 e. The van der Waals surface area contributed by atoms with Gasteiger partial charge in [0.1, 0.15) is 0 Å². The van der Waals surface area contributed by atoms with E-state index in [1.54, 1.807) is 4.52 Å². The van der Waals surface area contributed by atoms with Crippen molar-refractivity contribution in [2.24, 2.45) is 0 Å². The maximum Gasteiger partial charge on any atom is 0.228 e. The number of rotatable bonds is 6. The van der Waals surface area contributed by atoms with Gasteiger partial charge in [-0.1, -0.05) is 43.8 Å². The molecule has 7 nitrogen and oxygen atoms in total. The molecule has 1 saturated heterocycles. The average molecular weight is 397 g/mol. The van der Waals surface area contributed by atoms with Gasteiger partial charge >= 0.3 is 0 Å². The van der Waals surface area contributed by atoms with Gasteiger partial charge in [0.25, 0.3) is 0 Å². The number of hydrogen-bond acceptors (Lipinski definition) is 6. The number of aromatic nitrogens is 4. The van der Waals surface area contributed by atoms with Crippen LogP contribution in [-0.4, -0.2) is 38.3 Å². The Balaban J connectivity index is 1.66. The molecule has 1 fully saturated rings. The van der Waals surface area contributed by atoms with Gasteiger partial charge in [-0.25, -0.2) is 4.98 Å². The molecule has 1 amide bonds. The second-order valence-electron chi connectivity index (χ2n) is 7.16.